The van der Waals surface area contributed by atoms with Crippen LogP contribution < -0.4 is 4.90 Å². The molecule has 0 aromatic carbocycles. The third-order valence-electron chi connectivity index (χ3n) is 2.81. The van der Waals surface area contributed by atoms with Gasteiger partial charge in [-0.2, -0.15) is 0 Å². The molecule has 2 rings (SSSR count). The zero-order valence-electron chi connectivity index (χ0n) is 10.4. The van der Waals surface area contributed by atoms with Crippen LogP contribution in [0.4, 0.5) is 11.8 Å². The maximum atomic E-state index is 4.48. The molecule has 1 aromatic rings. The van der Waals surface area contributed by atoms with Crippen molar-refractivity contribution >= 4 is 22.6 Å². The van der Waals surface area contributed by atoms with Crippen LogP contribution in [0.2, 0.25) is 0 Å². The fourth-order valence-electron chi connectivity index (χ4n) is 1.99. The molecule has 0 unspecified atom stereocenters. The molecule has 0 radical (unpaired) electrons. The average molecular weight is 414 g/mol. The van der Waals surface area contributed by atoms with Crippen LogP contribution in [0, 0.1) is 6.92 Å². The van der Waals surface area contributed by atoms with Crippen LogP contribution in [0.5, 0.6) is 0 Å². The van der Waals surface area contributed by atoms with Crippen LogP contribution in [0.25, 0.3) is 5.32 Å². The first-order valence-electron chi connectivity index (χ1n) is 6.06. The summed E-state index contributed by atoms with van der Waals surface area (Å²) < 4.78 is 1.77. The zero-order valence-corrected chi connectivity index (χ0v) is 13.3. The van der Waals surface area contributed by atoms with Crippen LogP contribution in [-0.2, 0) is 19.4 Å². The molecule has 1 aliphatic heterocycles. The van der Waals surface area contributed by atoms with E-state index in [4.69, 9.17) is 0 Å². The van der Waals surface area contributed by atoms with E-state index >= 15 is 0 Å². The Kier molecular flexibility index (Phi) is 4.99. The topological polar surface area (TPSA) is 55.5 Å². The average Bonchev–Trinajstić information content (AvgIpc) is 2.39. The van der Waals surface area contributed by atoms with Gasteiger partial charge in [0.25, 0.3) is 0 Å². The van der Waals surface area contributed by atoms with E-state index in [-0.39, 0.29) is 0 Å². The second kappa shape index (κ2) is 6.74. The molecule has 0 spiro atoms. The third kappa shape index (κ3) is 3.70. The van der Waals surface area contributed by atoms with Crippen molar-refractivity contribution in [3.05, 3.63) is 17.1 Å². The van der Waals surface area contributed by atoms with E-state index in [0.29, 0.717) is 5.95 Å². The molecule has 6 heteroatoms. The van der Waals surface area contributed by atoms with Crippen molar-refractivity contribution in [2.45, 2.75) is 26.2 Å². The molecule has 18 heavy (non-hydrogen) atoms. The fourth-order valence-corrected chi connectivity index (χ4v) is 2.19. The Morgan fingerprint density at radius 3 is 2.83 bits per heavy atom. The van der Waals surface area contributed by atoms with Gasteiger partial charge in [0, 0.05) is 0 Å². The van der Waals surface area contributed by atoms with Crippen molar-refractivity contribution in [2.24, 2.45) is 4.99 Å². The predicted octanol–water partition coefficient (Wildman–Crippen LogP) is 2.12. The van der Waals surface area contributed by atoms with Gasteiger partial charge < -0.3 is 0 Å². The fraction of sp³-hybridized carbons (Fsp3) is 0.500. The predicted molar refractivity (Wildman–Crippen MR) is 70.4 cm³/mol. The summed E-state index contributed by atoms with van der Waals surface area (Å²) in [5.41, 5.74) is 0.948. The minimum absolute atomic E-state index is 0.496. The minimum atomic E-state index is 0.496. The van der Waals surface area contributed by atoms with Gasteiger partial charge in [-0.1, -0.05) is 0 Å². The van der Waals surface area contributed by atoms with Crippen LogP contribution in [0.1, 0.15) is 25.0 Å². The van der Waals surface area contributed by atoms with Crippen molar-refractivity contribution in [3.8, 4) is 0 Å². The van der Waals surface area contributed by atoms with Crippen LogP contribution in [-0.4, -0.2) is 33.9 Å². The van der Waals surface area contributed by atoms with Crippen LogP contribution in [0.15, 0.2) is 11.1 Å². The molecule has 0 N–H and O–H groups in total. The Hall–Kier alpha value is -1.09. The van der Waals surface area contributed by atoms with Crippen LogP contribution in [0.3, 0.4) is 0 Å². The van der Waals surface area contributed by atoms with Gasteiger partial charge in [-0.15, -0.1) is 0 Å². The summed E-state index contributed by atoms with van der Waals surface area (Å²) in [6, 6.07) is 2.03. The van der Waals surface area contributed by atoms with Crippen molar-refractivity contribution < 1.29 is 19.4 Å². The molecule has 2 heterocycles. The summed E-state index contributed by atoms with van der Waals surface area (Å²) in [6.07, 6.45) is 5.30. The maximum absolute atomic E-state index is 4.48. The summed E-state index contributed by atoms with van der Waals surface area (Å²) in [6.45, 7) is 4.13. The normalized spacial score (nSPS) is 15.9. The van der Waals surface area contributed by atoms with Crippen LogP contribution >= 0.6 is 0 Å². The number of nitrogens with zero attached hydrogens (tertiary/aromatic N) is 5. The van der Waals surface area contributed by atoms with E-state index in [1.54, 1.807) is 4.52 Å². The molecule has 1 saturated heterocycles. The van der Waals surface area contributed by atoms with E-state index in [1.165, 1.54) is 45.0 Å². The molecule has 1 aliphatic rings. The first-order valence-corrected chi connectivity index (χ1v) is 7.76. The molecule has 0 bridgehead atoms. The number of rotatable bonds is 4. The summed E-state index contributed by atoms with van der Waals surface area (Å²) in [7, 11) is 0. The number of aromatic nitrogens is 2. The molecule has 0 aliphatic carbocycles. The Morgan fingerprint density at radius 2 is 2.11 bits per heavy atom. The van der Waals surface area contributed by atoms with Gasteiger partial charge in [0.05, 0.1) is 0 Å². The van der Waals surface area contributed by atoms with Gasteiger partial charge in [0.1, 0.15) is 0 Å². The van der Waals surface area contributed by atoms with Crippen molar-refractivity contribution in [3.63, 3.8) is 0 Å². The number of aryl methyl sites for hydroxylation is 1. The van der Waals surface area contributed by atoms with E-state index in [0.717, 1.165) is 24.6 Å². The summed E-state index contributed by atoms with van der Waals surface area (Å²) in [5.74, 6) is 1.48. The standard InChI is InChI=1S/C12H16N5.W/c1-10-8-11(17-6-4-3-5-7-17)16-12(15-10)14-9-13-2;/h2,8-9H,3-7H2,1H3;/q-1;. The van der Waals surface area contributed by atoms with Gasteiger partial charge in [-0.25, -0.2) is 0 Å². The Balaban J connectivity index is 2.14. The van der Waals surface area contributed by atoms with Crippen molar-refractivity contribution in [1.82, 2.24) is 9.97 Å². The van der Waals surface area contributed by atoms with Gasteiger partial charge in [0.2, 0.25) is 0 Å². The molecule has 1 fully saturated rings. The van der Waals surface area contributed by atoms with Gasteiger partial charge in [-0.3, -0.25) is 0 Å². The molecular weight excluding hydrogens is 398 g/mol. The molecule has 0 saturated carbocycles. The Labute approximate surface area is 118 Å². The first kappa shape index (κ1) is 13.3. The third-order valence-corrected chi connectivity index (χ3v) is 3.25. The van der Waals surface area contributed by atoms with Crippen molar-refractivity contribution in [2.75, 3.05) is 18.0 Å². The summed E-state index contributed by atoms with van der Waals surface area (Å²) in [5, 5.41) is 4.15. The number of piperidine rings is 1. The summed E-state index contributed by atoms with van der Waals surface area (Å²) >= 11 is 1.30. The second-order valence-electron chi connectivity index (χ2n) is 4.21. The monoisotopic (exact) mass is 414 g/mol. The quantitative estimate of drug-likeness (QED) is 0.561. The second-order valence-corrected chi connectivity index (χ2v) is 4.97. The van der Waals surface area contributed by atoms with Gasteiger partial charge >= 0.3 is 118 Å². The Morgan fingerprint density at radius 1 is 1.33 bits per heavy atom. The SMILES string of the molecule is Cc1cc(N2CCCCC2)nc([N-]C=N[CH]=[W])n1. The molecule has 5 nitrogen and oxygen atoms in total. The molecule has 0 amide bonds. The first-order chi connectivity index (χ1) is 8.79. The molecular formula is C12H16N5W-. The summed E-state index contributed by atoms with van der Waals surface area (Å²) in [4.78, 5) is 15.1. The molecule has 0 atom stereocenters. The number of hydrogen-bond acceptors (Lipinski definition) is 4. The van der Waals surface area contributed by atoms with E-state index < -0.39 is 0 Å². The molecule has 1 aromatic heterocycles. The van der Waals surface area contributed by atoms with E-state index in [9.17, 15) is 0 Å². The zero-order chi connectivity index (χ0) is 12.8. The molecule has 96 valence electrons. The van der Waals surface area contributed by atoms with Gasteiger partial charge in [0.15, 0.2) is 0 Å². The number of hydrogen-bond donors (Lipinski definition) is 0. The van der Waals surface area contributed by atoms with E-state index in [2.05, 4.69) is 25.2 Å². The van der Waals surface area contributed by atoms with Gasteiger partial charge in [-0.05, 0) is 0 Å². The number of aliphatic imine (C=N–C) groups is 1. The number of anilines is 1. The van der Waals surface area contributed by atoms with Crippen molar-refractivity contribution in [1.29, 1.82) is 0 Å². The Bertz CT molecular complexity index is 440. The van der Waals surface area contributed by atoms with E-state index in [1.807, 2.05) is 13.0 Å².